The Hall–Kier alpha value is -2.36. The Kier molecular flexibility index (Phi) is 4.91. The summed E-state index contributed by atoms with van der Waals surface area (Å²) in [5.74, 6) is -0.0638. The number of hydrogen-bond donors (Lipinski definition) is 1. The average Bonchev–Trinajstić information content (AvgIpc) is 3.10. The molecule has 0 saturated heterocycles. The quantitative estimate of drug-likeness (QED) is 0.904. The maximum atomic E-state index is 12.7. The fourth-order valence-electron chi connectivity index (χ4n) is 3.10. The van der Waals surface area contributed by atoms with E-state index < -0.39 is 0 Å². The van der Waals surface area contributed by atoms with Crippen LogP contribution in [-0.4, -0.2) is 23.5 Å². The predicted octanol–water partition coefficient (Wildman–Crippen LogP) is 4.10. The van der Waals surface area contributed by atoms with Crippen LogP contribution in [0.2, 0.25) is 0 Å². The summed E-state index contributed by atoms with van der Waals surface area (Å²) < 4.78 is 0. The highest BCUT2D eigenvalue weighted by molar-refractivity contribution is 6.04. The summed E-state index contributed by atoms with van der Waals surface area (Å²) in [4.78, 5) is 18.8. The molecule has 4 nitrogen and oxygen atoms in total. The van der Waals surface area contributed by atoms with Crippen molar-refractivity contribution in [2.45, 2.75) is 38.6 Å². The first-order valence-electron chi connectivity index (χ1n) is 8.37. The van der Waals surface area contributed by atoms with Crippen LogP contribution in [0, 0.1) is 0 Å². The smallest absolute Gasteiger partial charge is 0.276 e. The number of carbonyl (C=O) groups is 1. The topological polar surface area (TPSA) is 45.2 Å². The molecule has 1 aromatic carbocycles. The van der Waals surface area contributed by atoms with E-state index in [4.69, 9.17) is 0 Å². The maximum absolute atomic E-state index is 12.7. The van der Waals surface area contributed by atoms with E-state index in [0.29, 0.717) is 18.3 Å². The van der Waals surface area contributed by atoms with E-state index in [-0.39, 0.29) is 5.91 Å². The summed E-state index contributed by atoms with van der Waals surface area (Å²) in [6.07, 6.45) is 6.80. The lowest BCUT2D eigenvalue weighted by Gasteiger charge is -2.20. The van der Waals surface area contributed by atoms with Crippen molar-refractivity contribution in [1.29, 1.82) is 0 Å². The van der Waals surface area contributed by atoms with Gasteiger partial charge in [-0.2, -0.15) is 0 Å². The first kappa shape index (κ1) is 15.5. The minimum Gasteiger partial charge on any atom is -0.381 e. The first-order valence-corrected chi connectivity index (χ1v) is 8.37. The van der Waals surface area contributed by atoms with E-state index >= 15 is 0 Å². The molecule has 1 aromatic heterocycles. The van der Waals surface area contributed by atoms with Crippen LogP contribution in [0.3, 0.4) is 0 Å². The number of hydrogen-bond acceptors (Lipinski definition) is 3. The van der Waals surface area contributed by atoms with Crippen LogP contribution in [0.5, 0.6) is 0 Å². The summed E-state index contributed by atoms with van der Waals surface area (Å²) in [5.41, 5.74) is 2.37. The van der Waals surface area contributed by atoms with Gasteiger partial charge in [0.1, 0.15) is 5.69 Å². The second-order valence-corrected chi connectivity index (χ2v) is 5.94. The summed E-state index contributed by atoms with van der Waals surface area (Å²) in [6, 6.07) is 14.0. The van der Waals surface area contributed by atoms with Gasteiger partial charge in [-0.25, -0.2) is 4.98 Å². The van der Waals surface area contributed by atoms with Gasteiger partial charge < -0.3 is 10.2 Å². The molecule has 0 radical (unpaired) electrons. The number of para-hydroxylation sites is 1. The van der Waals surface area contributed by atoms with Crippen LogP contribution < -0.4 is 10.2 Å². The Labute approximate surface area is 137 Å². The van der Waals surface area contributed by atoms with Crippen LogP contribution in [0.1, 0.15) is 43.1 Å². The van der Waals surface area contributed by atoms with Gasteiger partial charge in [-0.15, -0.1) is 0 Å². The molecule has 1 aliphatic carbocycles. The van der Waals surface area contributed by atoms with Gasteiger partial charge in [0.25, 0.3) is 5.91 Å². The van der Waals surface area contributed by atoms with Gasteiger partial charge in [0, 0.05) is 18.3 Å². The highest BCUT2D eigenvalue weighted by Crippen LogP contribution is 2.22. The monoisotopic (exact) mass is 309 g/mol. The standard InChI is InChI=1S/C19H23N3O/c1-2-22(17-10-4-3-5-11-17)19(23)18-13-12-16(14-20-18)21-15-8-6-7-9-15/h3-5,10-15,21H,2,6-9H2,1H3. The van der Waals surface area contributed by atoms with Gasteiger partial charge in [0.05, 0.1) is 11.9 Å². The lowest BCUT2D eigenvalue weighted by atomic mass is 10.2. The molecule has 0 aliphatic heterocycles. The molecule has 1 amide bonds. The molecule has 2 aromatic rings. The SMILES string of the molecule is CCN(C(=O)c1ccc(NC2CCCC2)cn1)c1ccccc1. The second-order valence-electron chi connectivity index (χ2n) is 5.94. The molecule has 4 heteroatoms. The average molecular weight is 309 g/mol. The molecular formula is C19H23N3O. The molecule has 120 valence electrons. The highest BCUT2D eigenvalue weighted by Gasteiger charge is 2.18. The minimum absolute atomic E-state index is 0.0638. The number of anilines is 2. The Bertz CT molecular complexity index is 633. The van der Waals surface area contributed by atoms with Crippen LogP contribution in [-0.2, 0) is 0 Å². The van der Waals surface area contributed by atoms with Crippen molar-refractivity contribution >= 4 is 17.3 Å². The summed E-state index contributed by atoms with van der Waals surface area (Å²) >= 11 is 0. The highest BCUT2D eigenvalue weighted by atomic mass is 16.2. The number of carbonyl (C=O) groups excluding carboxylic acids is 1. The molecule has 0 unspecified atom stereocenters. The largest absolute Gasteiger partial charge is 0.381 e. The zero-order chi connectivity index (χ0) is 16.1. The third kappa shape index (κ3) is 3.70. The van der Waals surface area contributed by atoms with Gasteiger partial charge >= 0.3 is 0 Å². The molecule has 0 bridgehead atoms. The van der Waals surface area contributed by atoms with Crippen molar-refractivity contribution in [2.24, 2.45) is 0 Å². The fraction of sp³-hybridized carbons (Fsp3) is 0.368. The van der Waals surface area contributed by atoms with Crippen molar-refractivity contribution in [2.75, 3.05) is 16.8 Å². The summed E-state index contributed by atoms with van der Waals surface area (Å²) in [5, 5.41) is 3.49. The molecule has 1 N–H and O–H groups in total. The van der Waals surface area contributed by atoms with E-state index in [2.05, 4.69) is 10.3 Å². The molecule has 23 heavy (non-hydrogen) atoms. The number of aromatic nitrogens is 1. The van der Waals surface area contributed by atoms with Gasteiger partial charge in [-0.3, -0.25) is 4.79 Å². The third-order valence-electron chi connectivity index (χ3n) is 4.34. The predicted molar refractivity (Wildman–Crippen MR) is 93.9 cm³/mol. The van der Waals surface area contributed by atoms with Gasteiger partial charge in [-0.05, 0) is 44.0 Å². The zero-order valence-corrected chi connectivity index (χ0v) is 13.5. The fourth-order valence-corrected chi connectivity index (χ4v) is 3.10. The number of rotatable bonds is 5. The third-order valence-corrected chi connectivity index (χ3v) is 4.34. The maximum Gasteiger partial charge on any atom is 0.276 e. The van der Waals surface area contributed by atoms with Crippen molar-refractivity contribution in [3.63, 3.8) is 0 Å². The summed E-state index contributed by atoms with van der Waals surface area (Å²) in [7, 11) is 0. The molecule has 0 spiro atoms. The van der Waals surface area contributed by atoms with E-state index in [1.165, 1.54) is 25.7 Å². The molecule has 3 rings (SSSR count). The van der Waals surface area contributed by atoms with Gasteiger partial charge in [0.2, 0.25) is 0 Å². The Balaban J connectivity index is 1.71. The van der Waals surface area contributed by atoms with Crippen molar-refractivity contribution in [1.82, 2.24) is 4.98 Å². The molecule has 1 saturated carbocycles. The molecule has 1 heterocycles. The number of amides is 1. The van der Waals surface area contributed by atoms with Gasteiger partial charge in [0.15, 0.2) is 0 Å². The van der Waals surface area contributed by atoms with Crippen LogP contribution >= 0.6 is 0 Å². The Morgan fingerprint density at radius 3 is 2.52 bits per heavy atom. The van der Waals surface area contributed by atoms with Crippen molar-refractivity contribution in [3.05, 3.63) is 54.4 Å². The normalized spacial score (nSPS) is 14.7. The molecular weight excluding hydrogens is 286 g/mol. The zero-order valence-electron chi connectivity index (χ0n) is 13.5. The lowest BCUT2D eigenvalue weighted by Crippen LogP contribution is -2.31. The summed E-state index contributed by atoms with van der Waals surface area (Å²) in [6.45, 7) is 2.59. The van der Waals surface area contributed by atoms with E-state index in [0.717, 1.165) is 11.4 Å². The van der Waals surface area contributed by atoms with Crippen LogP contribution in [0.15, 0.2) is 48.7 Å². The molecule has 1 fully saturated rings. The number of pyridine rings is 1. The Morgan fingerprint density at radius 2 is 1.91 bits per heavy atom. The first-order chi connectivity index (χ1) is 11.3. The number of nitrogens with one attached hydrogen (secondary N) is 1. The molecule has 1 aliphatic rings. The second kappa shape index (κ2) is 7.27. The minimum atomic E-state index is -0.0638. The van der Waals surface area contributed by atoms with E-state index in [9.17, 15) is 4.79 Å². The van der Waals surface area contributed by atoms with E-state index in [1.807, 2.05) is 49.4 Å². The van der Waals surface area contributed by atoms with E-state index in [1.54, 1.807) is 11.1 Å². The van der Waals surface area contributed by atoms with Crippen molar-refractivity contribution in [3.8, 4) is 0 Å². The lowest BCUT2D eigenvalue weighted by molar-refractivity contribution is 0.0983. The van der Waals surface area contributed by atoms with Crippen molar-refractivity contribution < 1.29 is 4.79 Å². The van der Waals surface area contributed by atoms with Gasteiger partial charge in [-0.1, -0.05) is 31.0 Å². The van der Waals surface area contributed by atoms with Crippen LogP contribution in [0.25, 0.3) is 0 Å². The number of benzene rings is 1. The Morgan fingerprint density at radius 1 is 1.17 bits per heavy atom. The molecule has 0 atom stereocenters. The number of nitrogens with zero attached hydrogens (tertiary/aromatic N) is 2. The van der Waals surface area contributed by atoms with Crippen LogP contribution in [0.4, 0.5) is 11.4 Å².